The zero-order chi connectivity index (χ0) is 98.7. The minimum atomic E-state index is -0.0650. The van der Waals surface area contributed by atoms with E-state index in [0.717, 1.165) is 366 Å². The first-order chi connectivity index (χ1) is 70.1. The van der Waals surface area contributed by atoms with E-state index in [1.807, 2.05) is 31.2 Å². The number of piperazine rings is 2. The molecule has 782 valence electrons. The second-order valence-electron chi connectivity index (χ2n) is 37.2. The lowest BCUT2D eigenvalue weighted by Gasteiger charge is -2.34. The molecule has 20 rings (SSSR count). The predicted octanol–water partition coefficient (Wildman–Crippen LogP) is 20.4. The number of hydrogen-bond acceptors (Lipinski definition) is 32. The molecule has 0 aliphatic carbocycles. The van der Waals surface area contributed by atoms with E-state index in [4.69, 9.17) is 101 Å². The monoisotopic (exact) mass is 2120 g/mol. The van der Waals surface area contributed by atoms with Gasteiger partial charge < -0.3 is 104 Å². The zero-order valence-electron chi connectivity index (χ0n) is 83.3. The highest BCUT2D eigenvalue weighted by atomic mass is 35.5. The molecule has 15 heterocycles. The molecule has 0 amide bonds. The number of likely N-dealkylation sites (N-methyl/N-ethyl adjacent to an activating group) is 1. The molecule has 5 atom stereocenters. The number of piperidine rings is 1. The number of rotatable bonds is 33. The molecule has 145 heavy (non-hydrogen) atoms. The first-order valence-electron chi connectivity index (χ1n) is 51.1. The number of halogens is 7. The van der Waals surface area contributed by atoms with Crippen molar-refractivity contribution in [1.82, 2.24) is 60.1 Å². The lowest BCUT2D eigenvalue weighted by Crippen LogP contribution is -2.44. The molecule has 10 saturated heterocycles. The van der Waals surface area contributed by atoms with Gasteiger partial charge in [-0.1, -0.05) is 58.0 Å². The van der Waals surface area contributed by atoms with Gasteiger partial charge in [0.1, 0.15) is 5.75 Å². The number of morpholine rings is 2. The van der Waals surface area contributed by atoms with Crippen LogP contribution < -0.4 is 61.1 Å². The fourth-order valence-corrected chi connectivity index (χ4v) is 19.9. The van der Waals surface area contributed by atoms with Gasteiger partial charge in [-0.15, -0.1) is 24.8 Å². The van der Waals surface area contributed by atoms with E-state index in [9.17, 15) is 4.79 Å². The van der Waals surface area contributed by atoms with Crippen LogP contribution in [-0.4, -0.2) is 263 Å². The number of benzene rings is 5. The van der Waals surface area contributed by atoms with Crippen molar-refractivity contribution in [3.8, 4) is 5.75 Å². The average molecular weight is 2130 g/mol. The maximum atomic E-state index is 11.9. The highest BCUT2D eigenvalue weighted by Crippen LogP contribution is 2.37. The number of nitrogens with zero attached hydrogens (tertiary/aromatic N) is 16. The SMILES string of the molecule is CCOC(=O)C1CCN(c2ccc(Nc3ncc(Cl)c(CCC4CCCO4)n3)cc2)CC1.CN1CCN(c2ccc(Nc3ncc(Cl)c(CCC4CCCO4)n3)cc2)CC1.COc1cc(N2CCOCC2)ccc1Nc1ncc(Cl)c(CCC2CCCO2)n1.Cl.Cl.Clc1cnc(Nc2ccc(N3CCNCC3)cc2)nc1CCC1CCCO1.Clc1cnc(Nc2ccc(N3CCOCC3)cc2)nc1CCC1CCCO1. The van der Waals surface area contributed by atoms with Crippen molar-refractivity contribution >= 4 is 175 Å². The molecule has 10 aliphatic rings. The number of ether oxygens (including phenoxy) is 9. The minimum Gasteiger partial charge on any atom is -0.494 e. The third-order valence-corrected chi connectivity index (χ3v) is 28.8. The van der Waals surface area contributed by atoms with Gasteiger partial charge in [0.25, 0.3) is 0 Å². The number of aromatic nitrogens is 10. The average Bonchev–Trinajstić information content (AvgIpc) is 1.46. The predicted molar refractivity (Wildman–Crippen MR) is 584 cm³/mol. The van der Waals surface area contributed by atoms with E-state index in [1.165, 1.54) is 17.1 Å². The topological polar surface area (TPSA) is 321 Å². The number of carbonyl (C=O) groups excluding carboxylic acids is 1. The fourth-order valence-electron chi connectivity index (χ4n) is 18.9. The molecular weight excluding hydrogens is 1990 g/mol. The summed E-state index contributed by atoms with van der Waals surface area (Å²) < 4.78 is 50.1. The summed E-state index contributed by atoms with van der Waals surface area (Å²) in [5, 5.41) is 22.8. The lowest BCUT2D eigenvalue weighted by atomic mass is 9.96. The Morgan fingerprint density at radius 2 is 0.641 bits per heavy atom. The molecule has 10 aliphatic heterocycles. The molecule has 32 nitrogen and oxygen atoms in total. The van der Waals surface area contributed by atoms with Crippen molar-refractivity contribution in [2.45, 2.75) is 179 Å². The molecule has 10 aromatic rings. The summed E-state index contributed by atoms with van der Waals surface area (Å²) in [6.07, 6.45) is 31.6. The third-order valence-electron chi connectivity index (χ3n) is 27.2. The molecule has 5 aromatic heterocycles. The Morgan fingerprint density at radius 3 is 0.938 bits per heavy atom. The maximum absolute atomic E-state index is 11.9. The number of methoxy groups -OCH3 is 1. The van der Waals surface area contributed by atoms with Gasteiger partial charge in [-0.2, -0.15) is 0 Å². The Balaban J connectivity index is 0.000000143. The highest BCUT2D eigenvalue weighted by molar-refractivity contribution is 6.32. The lowest BCUT2D eigenvalue weighted by molar-refractivity contribution is -0.148. The molecule has 0 radical (unpaired) electrons. The van der Waals surface area contributed by atoms with Crippen LogP contribution in [-0.2, 0) is 74.8 Å². The van der Waals surface area contributed by atoms with Gasteiger partial charge in [-0.05, 0) is 264 Å². The molecule has 0 bridgehead atoms. The molecule has 5 aromatic carbocycles. The summed E-state index contributed by atoms with van der Waals surface area (Å²) in [5.41, 5.74) is 14.9. The summed E-state index contributed by atoms with van der Waals surface area (Å²) in [4.78, 5) is 70.7. The van der Waals surface area contributed by atoms with Crippen LogP contribution in [0.4, 0.5) is 86.6 Å². The van der Waals surface area contributed by atoms with Crippen molar-refractivity contribution in [3.63, 3.8) is 0 Å². The van der Waals surface area contributed by atoms with Crippen molar-refractivity contribution in [3.05, 3.63) is 200 Å². The van der Waals surface area contributed by atoms with Gasteiger partial charge in [-0.3, -0.25) is 4.79 Å². The van der Waals surface area contributed by atoms with Crippen molar-refractivity contribution in [2.75, 3.05) is 223 Å². The maximum Gasteiger partial charge on any atom is 0.309 e. The second-order valence-corrected chi connectivity index (χ2v) is 39.3. The quantitative estimate of drug-likeness (QED) is 0.0208. The van der Waals surface area contributed by atoms with Crippen LogP contribution in [0.5, 0.6) is 5.75 Å². The second kappa shape index (κ2) is 58.4. The van der Waals surface area contributed by atoms with Crippen LogP contribution >= 0.6 is 82.8 Å². The van der Waals surface area contributed by atoms with Crippen molar-refractivity contribution in [2.24, 2.45) is 5.92 Å². The molecule has 10 fully saturated rings. The Kier molecular flexibility index (Phi) is 44.8. The van der Waals surface area contributed by atoms with Gasteiger partial charge >= 0.3 is 5.97 Å². The van der Waals surface area contributed by atoms with E-state index in [1.54, 1.807) is 38.1 Å². The minimum absolute atomic E-state index is 0. The largest absolute Gasteiger partial charge is 0.494 e. The third kappa shape index (κ3) is 34.5. The Bertz CT molecular complexity index is 5430. The summed E-state index contributed by atoms with van der Waals surface area (Å²) in [7, 11) is 3.84. The summed E-state index contributed by atoms with van der Waals surface area (Å²) in [5.74, 6) is 3.48. The Labute approximate surface area is 889 Å². The summed E-state index contributed by atoms with van der Waals surface area (Å²) in [6, 6.07) is 39.5. The Hall–Kier alpha value is -9.56. The standard InChI is InChI=1S/C24H31ClN4O3.C21H28ClN5O.C21H27ClN4O3.C20H26ClN5O.C20H25ClN4O2.2ClH/c1-2-31-23(30)17-11-13-29(14-12-17)19-7-5-18(6-8-19)27-24-26-16-21(25)22(28-24)10-9-20-4-3-15-32-20;1-26-10-12-27(13-11-26)17-6-4-16(5-7-17)24-21-23-15-19(22)20(25-21)9-8-18-3-2-14-28-18;1-27-20-13-15(26-8-11-28-12-9-26)4-6-19(20)25-21-23-14-17(22)18(24-21)7-5-16-3-2-10-29-16;21-18-14-23-20(25-19(18)8-7-17-2-1-13-27-17)24-15-3-5-16(6-4-15)26-11-9-22-10-12-26;21-18-14-22-20(24-19(18)8-7-17-2-1-11-27-17)23-15-3-5-16(6-4-15)25-9-12-26-13-10-25;;/h5-8,16-17,20H,2-4,9-15H2,1H3,(H,26,27,28);4-7,15,18H,2-3,8-14H2,1H3,(H,23,24,25);4,6,13-14,16H,2-3,5,7-12H2,1H3,(H,23,24,25);3-6,14,17,22H,1-2,7-13H2,(H,23,24,25);3-6,14,17H,1-2,7-13H2,(H,22,23,24);2*1H. The molecule has 39 heteroatoms. The summed E-state index contributed by atoms with van der Waals surface area (Å²) in [6.45, 7) is 23.5. The molecule has 0 saturated carbocycles. The molecule has 6 N–H and O–H groups in total. The van der Waals surface area contributed by atoms with Gasteiger partial charge in [0, 0.05) is 182 Å². The normalized spacial score (nSPS) is 19.5. The zero-order valence-corrected chi connectivity index (χ0v) is 88.7. The van der Waals surface area contributed by atoms with Crippen LogP contribution in [0, 0.1) is 5.92 Å². The van der Waals surface area contributed by atoms with Gasteiger partial charge in [0.15, 0.2) is 0 Å². The number of anilines is 15. The van der Waals surface area contributed by atoms with E-state index in [-0.39, 0.29) is 36.7 Å². The van der Waals surface area contributed by atoms with Gasteiger partial charge in [-0.25, -0.2) is 49.8 Å². The summed E-state index contributed by atoms with van der Waals surface area (Å²) >= 11 is 31.5. The Morgan fingerprint density at radius 1 is 0.359 bits per heavy atom. The fraction of sp³-hybridized carbons (Fsp3) is 0.519. The van der Waals surface area contributed by atoms with E-state index < -0.39 is 0 Å². The smallest absolute Gasteiger partial charge is 0.309 e. The van der Waals surface area contributed by atoms with E-state index in [2.05, 4.69) is 209 Å². The first-order valence-corrected chi connectivity index (χ1v) is 53.0. The van der Waals surface area contributed by atoms with E-state index in [0.29, 0.717) is 92.0 Å². The van der Waals surface area contributed by atoms with Gasteiger partial charge in [0.2, 0.25) is 29.7 Å². The molecule has 0 spiro atoms. The highest BCUT2D eigenvalue weighted by Gasteiger charge is 2.29. The van der Waals surface area contributed by atoms with Crippen molar-refractivity contribution in [1.29, 1.82) is 0 Å². The van der Waals surface area contributed by atoms with Crippen LogP contribution in [0.1, 0.15) is 145 Å². The van der Waals surface area contributed by atoms with Crippen molar-refractivity contribution < 1.29 is 47.4 Å². The van der Waals surface area contributed by atoms with Gasteiger partial charge in [0.05, 0.1) is 167 Å². The van der Waals surface area contributed by atoms with E-state index >= 15 is 0 Å². The number of esters is 1. The number of aryl methyl sites for hydroxylation is 5. The number of hydrogen-bond donors (Lipinski definition) is 6. The number of nitrogens with one attached hydrogen (secondary N) is 6. The molecular formula is C106H139Cl7N22O10. The van der Waals surface area contributed by atoms with Crippen LogP contribution in [0.25, 0.3) is 0 Å². The van der Waals surface area contributed by atoms with Crippen LogP contribution in [0.2, 0.25) is 25.1 Å². The van der Waals surface area contributed by atoms with Crippen LogP contribution in [0.15, 0.2) is 146 Å². The molecule has 5 unspecified atom stereocenters. The number of carbonyl (C=O) groups is 1. The van der Waals surface area contributed by atoms with Crippen LogP contribution in [0.3, 0.4) is 0 Å². The first kappa shape index (κ1) is 111.